The largest absolute Gasteiger partial charge is 0.453 e. The van der Waals surface area contributed by atoms with Gasteiger partial charge in [-0.15, -0.1) is 0 Å². The summed E-state index contributed by atoms with van der Waals surface area (Å²) in [4.78, 5) is 71.2. The van der Waals surface area contributed by atoms with Gasteiger partial charge in [-0.1, -0.05) is 76.2 Å². The number of methoxy groups -OCH3 is 4. The second-order valence-electron chi connectivity index (χ2n) is 15.4. The maximum Gasteiger partial charge on any atom is 0.407 e. The van der Waals surface area contributed by atoms with Crippen molar-refractivity contribution in [3.8, 4) is 33.6 Å². The third kappa shape index (κ3) is 8.72. The molecular formula is C42H54N8O8. The monoisotopic (exact) mass is 798 g/mol. The molecule has 2 saturated heterocycles. The van der Waals surface area contributed by atoms with Crippen LogP contribution in [0.1, 0.15) is 70.7 Å². The van der Waals surface area contributed by atoms with Gasteiger partial charge in [0.05, 0.1) is 56.6 Å². The molecule has 2 aliphatic heterocycles. The minimum Gasteiger partial charge on any atom is -0.453 e. The molecule has 58 heavy (non-hydrogen) atoms. The van der Waals surface area contributed by atoms with Crippen molar-refractivity contribution in [2.75, 3.05) is 41.5 Å². The third-order valence-corrected chi connectivity index (χ3v) is 11.2. The average molecular weight is 799 g/mol. The highest BCUT2D eigenvalue weighted by atomic mass is 16.7. The molecular weight excluding hydrogens is 745 g/mol. The highest BCUT2D eigenvalue weighted by molar-refractivity contribution is 5.87. The maximum absolute atomic E-state index is 13.9. The summed E-state index contributed by atoms with van der Waals surface area (Å²) in [6.45, 7) is 8.24. The van der Waals surface area contributed by atoms with E-state index >= 15 is 0 Å². The number of carbonyl (C=O) groups is 4. The lowest BCUT2D eigenvalue weighted by atomic mass is 10.0. The van der Waals surface area contributed by atoms with Gasteiger partial charge in [0.2, 0.25) is 11.8 Å². The number of nitrogens with zero attached hydrogens (tertiary/aromatic N) is 4. The van der Waals surface area contributed by atoms with Crippen molar-refractivity contribution in [3.63, 3.8) is 0 Å². The van der Waals surface area contributed by atoms with Gasteiger partial charge in [0.1, 0.15) is 23.7 Å². The Balaban J connectivity index is 1.14. The number of likely N-dealkylation sites (tertiary alicyclic amines) is 2. The Morgan fingerprint density at radius 1 is 0.672 bits per heavy atom. The van der Waals surface area contributed by atoms with Gasteiger partial charge in [-0.3, -0.25) is 9.59 Å². The SMILES string of the molecule is COC(=O)NC(C(=O)N1CCCC1c1ncc(-c2ccc(-c3ccc(-c4cnc(C5CC(OC)(OC)CN5C(=O)C(NC(=O)OC)C(C)C)[nH]4)cc3)cc2)[nH]1)C(C)C. The number of aromatic nitrogens is 4. The van der Waals surface area contributed by atoms with Crippen LogP contribution in [0.5, 0.6) is 0 Å². The Morgan fingerprint density at radius 3 is 1.53 bits per heavy atom. The van der Waals surface area contributed by atoms with Crippen molar-refractivity contribution in [2.45, 2.75) is 76.9 Å². The number of benzene rings is 2. The topological polar surface area (TPSA) is 193 Å². The van der Waals surface area contributed by atoms with E-state index in [1.165, 1.54) is 14.2 Å². The number of hydrogen-bond acceptors (Lipinski definition) is 10. The van der Waals surface area contributed by atoms with Gasteiger partial charge in [-0.25, -0.2) is 19.6 Å². The van der Waals surface area contributed by atoms with E-state index < -0.39 is 36.1 Å². The van der Waals surface area contributed by atoms with Crippen molar-refractivity contribution < 1.29 is 38.1 Å². The van der Waals surface area contributed by atoms with Gasteiger partial charge >= 0.3 is 12.2 Å². The number of hydrogen-bond donors (Lipinski definition) is 4. The van der Waals surface area contributed by atoms with E-state index in [9.17, 15) is 19.2 Å². The van der Waals surface area contributed by atoms with Crippen LogP contribution >= 0.6 is 0 Å². The number of rotatable bonds is 13. The minimum absolute atomic E-state index is 0.114. The number of alkyl carbamates (subject to hydrolysis) is 2. The van der Waals surface area contributed by atoms with Crippen LogP contribution in [-0.4, -0.2) is 113 Å². The number of H-pyrrole nitrogens is 2. The Morgan fingerprint density at radius 2 is 1.10 bits per heavy atom. The molecule has 4 unspecified atom stereocenters. The van der Waals surface area contributed by atoms with Crippen LogP contribution in [0.15, 0.2) is 60.9 Å². The first-order valence-corrected chi connectivity index (χ1v) is 19.5. The minimum atomic E-state index is -1.04. The molecule has 4 aromatic rings. The number of ether oxygens (including phenoxy) is 4. The quantitative estimate of drug-likeness (QED) is 0.120. The second-order valence-corrected chi connectivity index (χ2v) is 15.4. The van der Waals surface area contributed by atoms with Crippen molar-refractivity contribution in [1.29, 1.82) is 0 Å². The van der Waals surface area contributed by atoms with Crippen LogP contribution in [0.4, 0.5) is 9.59 Å². The van der Waals surface area contributed by atoms with Gasteiger partial charge in [0.25, 0.3) is 0 Å². The zero-order valence-corrected chi connectivity index (χ0v) is 34.3. The van der Waals surface area contributed by atoms with E-state index in [0.29, 0.717) is 24.6 Å². The summed E-state index contributed by atoms with van der Waals surface area (Å²) in [6, 6.07) is 14.1. The summed E-state index contributed by atoms with van der Waals surface area (Å²) in [6.07, 6.45) is 4.16. The van der Waals surface area contributed by atoms with Crippen molar-refractivity contribution >= 4 is 24.0 Å². The standard InChI is InChI=1S/C42H54N8O8/c1-24(2)34(47-40(53)55-5)38(51)49-19-9-10-32(49)36-43-21-30(45-36)28-15-11-26(12-16-28)27-13-17-29(18-14-27)31-22-44-37(46-31)33-20-42(57-7,58-8)23-50(33)39(52)35(25(3)4)48-41(54)56-6/h11-18,21-22,24-25,32-35H,9-10,19-20,23H2,1-8H3,(H,43,45)(H,44,46)(H,47,53)(H,48,54). The van der Waals surface area contributed by atoms with E-state index in [0.717, 1.165) is 46.5 Å². The summed E-state index contributed by atoms with van der Waals surface area (Å²) < 4.78 is 21.1. The Kier molecular flexibility index (Phi) is 12.9. The van der Waals surface area contributed by atoms with Crippen molar-refractivity contribution in [1.82, 2.24) is 40.4 Å². The zero-order chi connectivity index (χ0) is 41.7. The Hall–Kier alpha value is -5.74. The fourth-order valence-electron chi connectivity index (χ4n) is 7.75. The summed E-state index contributed by atoms with van der Waals surface area (Å²) in [5, 5.41) is 5.36. The molecule has 16 nitrogen and oxygen atoms in total. The van der Waals surface area contributed by atoms with Gasteiger partial charge in [0, 0.05) is 27.2 Å². The molecule has 0 radical (unpaired) electrons. The predicted molar refractivity (Wildman–Crippen MR) is 215 cm³/mol. The maximum atomic E-state index is 13.9. The smallest absolute Gasteiger partial charge is 0.407 e. The first kappa shape index (κ1) is 41.9. The first-order valence-electron chi connectivity index (χ1n) is 19.5. The molecule has 310 valence electrons. The Bertz CT molecular complexity index is 2060. The van der Waals surface area contributed by atoms with E-state index in [-0.39, 0.29) is 36.2 Å². The fourth-order valence-corrected chi connectivity index (χ4v) is 7.75. The predicted octanol–water partition coefficient (Wildman–Crippen LogP) is 5.82. The summed E-state index contributed by atoms with van der Waals surface area (Å²) >= 11 is 0. The molecule has 2 aliphatic rings. The van der Waals surface area contributed by atoms with E-state index in [2.05, 4.69) is 42.7 Å². The molecule has 4 amide bonds. The molecule has 0 aliphatic carbocycles. The molecule has 0 spiro atoms. The Labute approximate surface area is 338 Å². The molecule has 2 aromatic heterocycles. The summed E-state index contributed by atoms with van der Waals surface area (Å²) in [5.74, 6) is -0.522. The van der Waals surface area contributed by atoms with Gasteiger partial charge in [-0.05, 0) is 46.9 Å². The van der Waals surface area contributed by atoms with E-state index in [1.54, 1.807) is 36.4 Å². The molecule has 4 heterocycles. The van der Waals surface area contributed by atoms with Gasteiger partial charge in [-0.2, -0.15) is 0 Å². The average Bonchev–Trinajstić information content (AvgIpc) is 4.07. The lowest BCUT2D eigenvalue weighted by molar-refractivity contribution is -0.197. The normalized spacial score (nSPS) is 18.7. The second kappa shape index (κ2) is 17.8. The summed E-state index contributed by atoms with van der Waals surface area (Å²) in [7, 11) is 5.64. The fraction of sp³-hybridized carbons (Fsp3) is 0.476. The number of carbonyl (C=O) groups excluding carboxylic acids is 4. The number of imidazole rings is 2. The van der Waals surface area contributed by atoms with Crippen molar-refractivity contribution in [2.24, 2.45) is 11.8 Å². The van der Waals surface area contributed by atoms with Gasteiger partial charge < -0.3 is 49.3 Å². The van der Waals surface area contributed by atoms with E-state index in [1.807, 2.05) is 64.1 Å². The highest BCUT2D eigenvalue weighted by Crippen LogP contribution is 2.41. The highest BCUT2D eigenvalue weighted by Gasteiger charge is 2.50. The van der Waals surface area contributed by atoms with Crippen LogP contribution in [0.2, 0.25) is 0 Å². The van der Waals surface area contributed by atoms with E-state index in [4.69, 9.17) is 18.9 Å². The molecule has 6 rings (SSSR count). The van der Waals surface area contributed by atoms with Gasteiger partial charge in [0.15, 0.2) is 5.79 Å². The number of nitrogens with one attached hydrogen (secondary N) is 4. The molecule has 2 fully saturated rings. The lowest BCUT2D eigenvalue weighted by Crippen LogP contribution is -2.52. The summed E-state index contributed by atoms with van der Waals surface area (Å²) in [5.41, 5.74) is 5.55. The van der Waals surface area contributed by atoms with Crippen LogP contribution < -0.4 is 10.6 Å². The van der Waals surface area contributed by atoms with Crippen LogP contribution in [0.25, 0.3) is 33.6 Å². The van der Waals surface area contributed by atoms with Crippen LogP contribution in [0.3, 0.4) is 0 Å². The molecule has 0 bridgehead atoms. The first-order chi connectivity index (χ1) is 27.8. The van der Waals surface area contributed by atoms with Crippen LogP contribution in [0, 0.1) is 11.8 Å². The molecule has 4 atom stereocenters. The number of aromatic amines is 2. The zero-order valence-electron chi connectivity index (χ0n) is 34.3. The molecule has 0 saturated carbocycles. The molecule has 2 aromatic carbocycles. The molecule has 4 N–H and O–H groups in total. The number of amides is 4. The lowest BCUT2D eigenvalue weighted by Gasteiger charge is -2.30. The third-order valence-electron chi connectivity index (χ3n) is 11.2. The van der Waals surface area contributed by atoms with Crippen molar-refractivity contribution in [3.05, 3.63) is 72.6 Å². The molecule has 16 heteroatoms. The van der Waals surface area contributed by atoms with Crippen LogP contribution in [-0.2, 0) is 28.5 Å².